The third kappa shape index (κ3) is 12.5. The number of carbonyl (C=O) groups is 1. The molecule has 1 heterocycles. The Bertz CT molecular complexity index is 542. The third-order valence-corrected chi connectivity index (χ3v) is 4.69. The quantitative estimate of drug-likeness (QED) is 0.493. The van der Waals surface area contributed by atoms with Gasteiger partial charge in [0.2, 0.25) is 18.1 Å². The van der Waals surface area contributed by atoms with E-state index in [1.54, 1.807) is 12.2 Å². The molecular formula is C20H35N3O5. The van der Waals surface area contributed by atoms with Crippen molar-refractivity contribution in [2.45, 2.75) is 71.8 Å². The van der Waals surface area contributed by atoms with Gasteiger partial charge in [-0.2, -0.15) is 0 Å². The molecule has 0 spiro atoms. The number of rotatable bonds is 4. The van der Waals surface area contributed by atoms with Crippen LogP contribution in [0.25, 0.3) is 0 Å². The zero-order valence-corrected chi connectivity index (χ0v) is 17.4. The first-order valence-electron chi connectivity index (χ1n) is 9.81. The summed E-state index contributed by atoms with van der Waals surface area (Å²) in [7, 11) is 0. The fourth-order valence-electron chi connectivity index (χ4n) is 3.99. The van der Waals surface area contributed by atoms with Gasteiger partial charge in [0.05, 0.1) is 25.8 Å². The molecule has 1 saturated heterocycles. The van der Waals surface area contributed by atoms with Crippen molar-refractivity contribution in [1.82, 2.24) is 5.32 Å². The van der Waals surface area contributed by atoms with Gasteiger partial charge in [-0.25, -0.2) is 19.6 Å². The number of aliphatic hydroxyl groups is 2. The van der Waals surface area contributed by atoms with Crippen molar-refractivity contribution in [2.75, 3.05) is 26.3 Å². The van der Waals surface area contributed by atoms with E-state index in [0.717, 1.165) is 45.1 Å². The monoisotopic (exact) mass is 397 g/mol. The molecule has 1 saturated carbocycles. The molecule has 28 heavy (non-hydrogen) atoms. The summed E-state index contributed by atoms with van der Waals surface area (Å²) in [5.74, 6) is 0.225. The van der Waals surface area contributed by atoms with Crippen molar-refractivity contribution in [3.63, 3.8) is 0 Å². The maximum atomic E-state index is 10.6. The highest BCUT2D eigenvalue weighted by Gasteiger charge is 2.41. The van der Waals surface area contributed by atoms with E-state index in [9.17, 15) is 14.4 Å². The Morgan fingerprint density at radius 3 is 2.32 bits per heavy atom. The van der Waals surface area contributed by atoms with Crippen LogP contribution >= 0.6 is 0 Å². The van der Waals surface area contributed by atoms with Crippen LogP contribution in [0.3, 0.4) is 0 Å². The molecule has 0 aromatic heterocycles. The van der Waals surface area contributed by atoms with Crippen molar-refractivity contribution >= 4 is 18.1 Å². The van der Waals surface area contributed by atoms with E-state index in [1.165, 1.54) is 6.42 Å². The summed E-state index contributed by atoms with van der Waals surface area (Å²) in [6.07, 6.45) is 10.1. The van der Waals surface area contributed by atoms with Gasteiger partial charge in [0.25, 0.3) is 0 Å². The summed E-state index contributed by atoms with van der Waals surface area (Å²) in [5.41, 5.74) is 0.0561. The average molecular weight is 398 g/mol. The van der Waals surface area contributed by atoms with E-state index >= 15 is 0 Å². The predicted molar refractivity (Wildman–Crippen MR) is 106 cm³/mol. The van der Waals surface area contributed by atoms with Crippen LogP contribution in [0.1, 0.15) is 65.7 Å². The van der Waals surface area contributed by atoms with Crippen molar-refractivity contribution in [3.8, 4) is 0 Å². The number of isocyanates is 2. The largest absolute Gasteiger partial charge is 0.394 e. The molecule has 2 atom stereocenters. The molecule has 2 unspecified atom stereocenters. The van der Waals surface area contributed by atoms with Gasteiger partial charge < -0.3 is 15.5 Å². The second-order valence-electron chi connectivity index (χ2n) is 8.45. The summed E-state index contributed by atoms with van der Waals surface area (Å²) >= 11 is 0. The number of amides is 1. The van der Waals surface area contributed by atoms with Crippen LogP contribution in [0.2, 0.25) is 0 Å². The Balaban J connectivity index is 0.000000502. The van der Waals surface area contributed by atoms with E-state index in [1.807, 2.05) is 0 Å². The van der Waals surface area contributed by atoms with Crippen LogP contribution in [0, 0.1) is 10.8 Å². The smallest absolute Gasteiger partial charge is 0.235 e. The molecule has 3 N–H and O–H groups in total. The highest BCUT2D eigenvalue weighted by molar-refractivity contribution is 5.75. The zero-order chi connectivity index (χ0) is 21.5. The maximum Gasteiger partial charge on any atom is 0.235 e. The average Bonchev–Trinajstić information content (AvgIpc) is 2.87. The summed E-state index contributed by atoms with van der Waals surface area (Å²) in [4.78, 5) is 38.6. The number of aliphatic hydroxyl groups excluding tert-OH is 2. The lowest BCUT2D eigenvalue weighted by Crippen LogP contribution is -2.39. The minimum absolute atomic E-state index is 0.00750. The Morgan fingerprint density at radius 1 is 1.07 bits per heavy atom. The Kier molecular flexibility index (Phi) is 13.3. The first-order valence-corrected chi connectivity index (χ1v) is 9.81. The van der Waals surface area contributed by atoms with Crippen LogP contribution < -0.4 is 5.32 Å². The normalized spacial score (nSPS) is 25.8. The van der Waals surface area contributed by atoms with Gasteiger partial charge in [-0.3, -0.25) is 4.79 Å². The van der Waals surface area contributed by atoms with Crippen molar-refractivity contribution in [3.05, 3.63) is 0 Å². The number of aliphatic imine (C=N–C) groups is 2. The van der Waals surface area contributed by atoms with Crippen molar-refractivity contribution in [1.29, 1.82) is 0 Å². The first-order chi connectivity index (χ1) is 13.2. The molecule has 1 aliphatic carbocycles. The molecule has 2 aliphatic rings. The Morgan fingerprint density at radius 2 is 1.75 bits per heavy atom. The van der Waals surface area contributed by atoms with E-state index in [2.05, 4.69) is 36.1 Å². The lowest BCUT2D eigenvalue weighted by atomic mass is 9.63. The van der Waals surface area contributed by atoms with E-state index in [0.29, 0.717) is 6.54 Å². The fraction of sp³-hybridized carbons (Fsp3) is 0.850. The molecule has 2 rings (SSSR count). The van der Waals surface area contributed by atoms with Gasteiger partial charge in [-0.15, -0.1) is 0 Å². The van der Waals surface area contributed by atoms with Crippen LogP contribution in [0.5, 0.6) is 0 Å². The number of carbonyl (C=O) groups excluding carboxylic acids is 3. The molecule has 0 aromatic rings. The summed E-state index contributed by atoms with van der Waals surface area (Å²) in [5, 5.41) is 18.1. The van der Waals surface area contributed by atoms with Crippen LogP contribution in [0.4, 0.5) is 0 Å². The molecule has 0 aromatic carbocycles. The summed E-state index contributed by atoms with van der Waals surface area (Å²) in [6, 6.07) is 0.00750. The van der Waals surface area contributed by atoms with Gasteiger partial charge in [-0.05, 0) is 42.9 Å². The van der Waals surface area contributed by atoms with Gasteiger partial charge >= 0.3 is 0 Å². The number of hydrogen-bond acceptors (Lipinski definition) is 7. The molecule has 160 valence electrons. The third-order valence-electron chi connectivity index (χ3n) is 4.69. The first kappa shape index (κ1) is 26.1. The molecule has 8 heteroatoms. The second kappa shape index (κ2) is 14.2. The lowest BCUT2D eigenvalue weighted by molar-refractivity contribution is -0.120. The van der Waals surface area contributed by atoms with Crippen LogP contribution in [0.15, 0.2) is 9.98 Å². The van der Waals surface area contributed by atoms with E-state index < -0.39 is 0 Å². The van der Waals surface area contributed by atoms with Gasteiger partial charge in [0.15, 0.2) is 0 Å². The summed E-state index contributed by atoms with van der Waals surface area (Å²) < 4.78 is 0. The molecule has 1 aliphatic heterocycles. The zero-order valence-electron chi connectivity index (χ0n) is 17.4. The van der Waals surface area contributed by atoms with Crippen LogP contribution in [-0.2, 0) is 14.4 Å². The minimum Gasteiger partial charge on any atom is -0.394 e. The Labute approximate surface area is 167 Å². The standard InChI is InChI=1S/C12H18N2O2.C6H11NO.C2H6O2/c1-11(2)4-10(14-9-16)5-12(3,6-11)7-13-8-15;8-6-4-2-1-3-5-7-6;3-1-2-4/h10H,4-7H2,1-3H3;1-5H2,(H,7,8);3-4H,1-2H2. The predicted octanol–water partition coefficient (Wildman–Crippen LogP) is 1.89. The molecule has 0 bridgehead atoms. The second-order valence-corrected chi connectivity index (χ2v) is 8.45. The van der Waals surface area contributed by atoms with E-state index in [-0.39, 0.29) is 36.0 Å². The molecule has 2 fully saturated rings. The van der Waals surface area contributed by atoms with Gasteiger partial charge in [0.1, 0.15) is 0 Å². The Hall–Kier alpha value is -1.85. The number of nitrogens with one attached hydrogen (secondary N) is 1. The topological polar surface area (TPSA) is 128 Å². The van der Waals surface area contributed by atoms with Gasteiger partial charge in [0, 0.05) is 13.0 Å². The van der Waals surface area contributed by atoms with Crippen molar-refractivity contribution < 1.29 is 24.6 Å². The molecule has 0 radical (unpaired) electrons. The maximum absolute atomic E-state index is 10.6. The van der Waals surface area contributed by atoms with E-state index in [4.69, 9.17) is 10.2 Å². The number of nitrogens with zero attached hydrogens (tertiary/aromatic N) is 2. The molecular weight excluding hydrogens is 362 g/mol. The molecule has 1 amide bonds. The SMILES string of the molecule is CC1(C)CC(N=C=O)CC(C)(CN=C=O)C1.O=C1CCCCCN1.OCCO. The van der Waals surface area contributed by atoms with Crippen LogP contribution in [-0.4, -0.2) is 60.6 Å². The van der Waals surface area contributed by atoms with Crippen molar-refractivity contribution in [2.24, 2.45) is 20.8 Å². The summed E-state index contributed by atoms with van der Waals surface area (Å²) in [6.45, 7) is 7.50. The number of hydrogen-bond donors (Lipinski definition) is 3. The molecule has 8 nitrogen and oxygen atoms in total. The lowest BCUT2D eigenvalue weighted by Gasteiger charge is -2.44. The minimum atomic E-state index is -0.125. The fourth-order valence-corrected chi connectivity index (χ4v) is 3.99. The highest BCUT2D eigenvalue weighted by atomic mass is 16.3. The highest BCUT2D eigenvalue weighted by Crippen LogP contribution is 2.47. The van der Waals surface area contributed by atoms with Gasteiger partial charge in [-0.1, -0.05) is 27.2 Å².